The number of benzene rings is 1. The van der Waals surface area contributed by atoms with Crippen LogP contribution in [0.5, 0.6) is 5.75 Å². The molecule has 0 radical (unpaired) electrons. The molecule has 0 aliphatic rings. The van der Waals surface area contributed by atoms with E-state index < -0.39 is 11.7 Å². The quantitative estimate of drug-likeness (QED) is 0.865. The SMILES string of the molecule is CC.COc1cc(C)ccc1NC(=O)OC(C)(C)C. The molecule has 0 aliphatic heterocycles. The molecule has 108 valence electrons. The zero-order valence-corrected chi connectivity index (χ0v) is 13.0. The Bertz CT molecular complexity index is 408. The molecule has 19 heavy (non-hydrogen) atoms. The highest BCUT2D eigenvalue weighted by Crippen LogP contribution is 2.25. The molecule has 0 saturated carbocycles. The van der Waals surface area contributed by atoms with Crippen molar-refractivity contribution in [3.05, 3.63) is 23.8 Å². The van der Waals surface area contributed by atoms with Crippen molar-refractivity contribution in [2.24, 2.45) is 0 Å². The summed E-state index contributed by atoms with van der Waals surface area (Å²) in [5, 5.41) is 2.66. The van der Waals surface area contributed by atoms with E-state index in [0.717, 1.165) is 5.56 Å². The topological polar surface area (TPSA) is 47.6 Å². The molecule has 0 heterocycles. The molecular weight excluding hydrogens is 242 g/mol. The second-order valence-corrected chi connectivity index (χ2v) is 4.83. The summed E-state index contributed by atoms with van der Waals surface area (Å²) >= 11 is 0. The summed E-state index contributed by atoms with van der Waals surface area (Å²) in [6.07, 6.45) is -0.486. The van der Waals surface area contributed by atoms with E-state index >= 15 is 0 Å². The van der Waals surface area contributed by atoms with Crippen LogP contribution in [0.2, 0.25) is 0 Å². The Hall–Kier alpha value is -1.71. The summed E-state index contributed by atoms with van der Waals surface area (Å²) in [6.45, 7) is 11.4. The fourth-order valence-corrected chi connectivity index (χ4v) is 1.32. The maximum absolute atomic E-state index is 11.6. The number of rotatable bonds is 2. The number of hydrogen-bond acceptors (Lipinski definition) is 3. The highest BCUT2D eigenvalue weighted by Gasteiger charge is 2.17. The average molecular weight is 267 g/mol. The summed E-state index contributed by atoms with van der Waals surface area (Å²) in [6, 6.07) is 5.54. The van der Waals surface area contributed by atoms with Crippen LogP contribution in [-0.4, -0.2) is 18.8 Å². The molecule has 0 unspecified atom stereocenters. The highest BCUT2D eigenvalue weighted by molar-refractivity contribution is 5.87. The predicted octanol–water partition coefficient (Wildman–Crippen LogP) is 4.38. The van der Waals surface area contributed by atoms with E-state index in [1.54, 1.807) is 13.2 Å². The zero-order chi connectivity index (χ0) is 15.1. The van der Waals surface area contributed by atoms with Crippen molar-refractivity contribution < 1.29 is 14.3 Å². The summed E-state index contributed by atoms with van der Waals surface area (Å²) in [4.78, 5) is 11.6. The number of carbonyl (C=O) groups excluding carboxylic acids is 1. The largest absolute Gasteiger partial charge is 0.495 e. The van der Waals surface area contributed by atoms with E-state index in [1.807, 2.05) is 53.7 Å². The number of anilines is 1. The third kappa shape index (κ3) is 6.70. The molecular formula is C15H25NO3. The maximum Gasteiger partial charge on any atom is 0.412 e. The molecule has 0 fully saturated rings. The lowest BCUT2D eigenvalue weighted by molar-refractivity contribution is 0.0635. The van der Waals surface area contributed by atoms with Crippen LogP contribution >= 0.6 is 0 Å². The van der Waals surface area contributed by atoms with E-state index in [4.69, 9.17) is 9.47 Å². The first kappa shape index (κ1) is 17.3. The number of carbonyl (C=O) groups is 1. The Kier molecular flexibility index (Phi) is 6.98. The summed E-state index contributed by atoms with van der Waals surface area (Å²) in [5.41, 5.74) is 1.16. The fourth-order valence-electron chi connectivity index (χ4n) is 1.32. The fraction of sp³-hybridized carbons (Fsp3) is 0.533. The molecule has 4 heteroatoms. The van der Waals surface area contributed by atoms with Crippen molar-refractivity contribution in [2.45, 2.75) is 47.1 Å². The number of methoxy groups -OCH3 is 1. The zero-order valence-electron chi connectivity index (χ0n) is 13.0. The van der Waals surface area contributed by atoms with Crippen LogP contribution in [0.4, 0.5) is 10.5 Å². The molecule has 0 atom stereocenters. The molecule has 0 aromatic heterocycles. The van der Waals surface area contributed by atoms with E-state index in [9.17, 15) is 4.79 Å². The van der Waals surface area contributed by atoms with Crippen molar-refractivity contribution in [2.75, 3.05) is 12.4 Å². The van der Waals surface area contributed by atoms with Gasteiger partial charge in [0.25, 0.3) is 0 Å². The lowest BCUT2D eigenvalue weighted by atomic mass is 10.2. The van der Waals surface area contributed by atoms with Gasteiger partial charge in [0.1, 0.15) is 11.4 Å². The van der Waals surface area contributed by atoms with Crippen LogP contribution in [0.15, 0.2) is 18.2 Å². The van der Waals surface area contributed by atoms with Crippen LogP contribution in [0.25, 0.3) is 0 Å². The lowest BCUT2D eigenvalue weighted by Crippen LogP contribution is -2.27. The van der Waals surface area contributed by atoms with Crippen molar-refractivity contribution in [1.29, 1.82) is 0 Å². The van der Waals surface area contributed by atoms with Crippen LogP contribution in [-0.2, 0) is 4.74 Å². The molecule has 0 spiro atoms. The Labute approximate surface area is 116 Å². The molecule has 1 rings (SSSR count). The number of ether oxygens (including phenoxy) is 2. The first-order valence-electron chi connectivity index (χ1n) is 6.46. The van der Waals surface area contributed by atoms with E-state index in [1.165, 1.54) is 0 Å². The summed E-state index contributed by atoms with van der Waals surface area (Å²) < 4.78 is 10.4. The van der Waals surface area contributed by atoms with Gasteiger partial charge in [-0.25, -0.2) is 4.79 Å². The monoisotopic (exact) mass is 267 g/mol. The van der Waals surface area contributed by atoms with Crippen molar-refractivity contribution in [1.82, 2.24) is 0 Å². The first-order chi connectivity index (χ1) is 8.81. The smallest absolute Gasteiger partial charge is 0.412 e. The standard InChI is InChI=1S/C13H19NO3.C2H6/c1-9-6-7-10(11(8-9)16-5)14-12(15)17-13(2,3)4;1-2/h6-8H,1-5H3,(H,14,15);1-2H3. The molecule has 1 aromatic carbocycles. The van der Waals surface area contributed by atoms with Gasteiger partial charge in [0.2, 0.25) is 0 Å². The third-order valence-electron chi connectivity index (χ3n) is 1.99. The van der Waals surface area contributed by atoms with Crippen LogP contribution < -0.4 is 10.1 Å². The van der Waals surface area contributed by atoms with E-state index in [2.05, 4.69) is 5.32 Å². The average Bonchev–Trinajstić information content (AvgIpc) is 2.31. The van der Waals surface area contributed by atoms with Crippen LogP contribution in [0.1, 0.15) is 40.2 Å². The Balaban J connectivity index is 0.00000154. The Morgan fingerprint density at radius 1 is 1.21 bits per heavy atom. The number of aryl methyl sites for hydroxylation is 1. The Morgan fingerprint density at radius 3 is 2.26 bits per heavy atom. The number of hydrogen-bond donors (Lipinski definition) is 1. The lowest BCUT2D eigenvalue weighted by Gasteiger charge is -2.20. The van der Waals surface area contributed by atoms with Gasteiger partial charge in [-0.15, -0.1) is 0 Å². The number of nitrogens with one attached hydrogen (secondary N) is 1. The van der Waals surface area contributed by atoms with Gasteiger partial charge in [-0.2, -0.15) is 0 Å². The summed E-state index contributed by atoms with van der Waals surface area (Å²) in [7, 11) is 1.56. The summed E-state index contributed by atoms with van der Waals surface area (Å²) in [5.74, 6) is 0.621. The van der Waals surface area contributed by atoms with Crippen LogP contribution in [0.3, 0.4) is 0 Å². The molecule has 1 amide bonds. The van der Waals surface area contributed by atoms with Crippen molar-refractivity contribution in [3.63, 3.8) is 0 Å². The Morgan fingerprint density at radius 2 is 1.79 bits per heavy atom. The normalized spacial score (nSPS) is 10.1. The molecule has 0 saturated heterocycles. The molecule has 0 aliphatic carbocycles. The van der Waals surface area contributed by atoms with Gasteiger partial charge in [0.15, 0.2) is 0 Å². The molecule has 4 nitrogen and oxygen atoms in total. The first-order valence-corrected chi connectivity index (χ1v) is 6.46. The van der Waals surface area contributed by atoms with Crippen LogP contribution in [0, 0.1) is 6.92 Å². The third-order valence-corrected chi connectivity index (χ3v) is 1.99. The van der Waals surface area contributed by atoms with Crippen molar-refractivity contribution >= 4 is 11.8 Å². The number of amides is 1. The van der Waals surface area contributed by atoms with Gasteiger partial charge in [0.05, 0.1) is 12.8 Å². The van der Waals surface area contributed by atoms with Gasteiger partial charge in [-0.1, -0.05) is 19.9 Å². The molecule has 1 aromatic rings. The van der Waals surface area contributed by atoms with E-state index in [-0.39, 0.29) is 0 Å². The van der Waals surface area contributed by atoms with Crippen molar-refractivity contribution in [3.8, 4) is 5.75 Å². The molecule has 1 N–H and O–H groups in total. The van der Waals surface area contributed by atoms with Gasteiger partial charge in [-0.05, 0) is 45.4 Å². The van der Waals surface area contributed by atoms with Gasteiger partial charge in [0, 0.05) is 0 Å². The minimum atomic E-state index is -0.512. The van der Waals surface area contributed by atoms with Gasteiger partial charge in [-0.3, -0.25) is 5.32 Å². The second kappa shape index (κ2) is 7.67. The van der Waals surface area contributed by atoms with Gasteiger partial charge >= 0.3 is 6.09 Å². The minimum absolute atomic E-state index is 0.486. The van der Waals surface area contributed by atoms with Gasteiger partial charge < -0.3 is 9.47 Å². The second-order valence-electron chi connectivity index (χ2n) is 4.83. The maximum atomic E-state index is 11.6. The molecule has 0 bridgehead atoms. The highest BCUT2D eigenvalue weighted by atomic mass is 16.6. The van der Waals surface area contributed by atoms with E-state index in [0.29, 0.717) is 11.4 Å². The predicted molar refractivity (Wildman–Crippen MR) is 78.9 cm³/mol. The minimum Gasteiger partial charge on any atom is -0.495 e.